The largest absolute Gasteiger partial charge is 0.480 e. The van der Waals surface area contributed by atoms with Crippen LogP contribution in [-0.4, -0.2) is 35.1 Å². The Morgan fingerprint density at radius 1 is 0.347 bits per heavy atom. The lowest BCUT2D eigenvalue weighted by Gasteiger charge is -2.29. The Bertz CT molecular complexity index is 582. The third-order valence-electron chi connectivity index (χ3n) is 11.2. The summed E-state index contributed by atoms with van der Waals surface area (Å²) in [6.07, 6.45) is 53.1. The van der Waals surface area contributed by atoms with Crippen LogP contribution in [0.15, 0.2) is 0 Å². The molecule has 0 saturated heterocycles. The van der Waals surface area contributed by atoms with Crippen molar-refractivity contribution in [2.24, 2.45) is 0 Å². The van der Waals surface area contributed by atoms with Crippen molar-refractivity contribution in [2.75, 3.05) is 13.1 Å². The number of hydrogen-bond donors (Lipinski definition) is 1. The van der Waals surface area contributed by atoms with Crippen LogP contribution in [0.3, 0.4) is 0 Å². The highest BCUT2D eigenvalue weighted by molar-refractivity contribution is 5.73. The second-order valence-corrected chi connectivity index (χ2v) is 16.1. The smallest absolute Gasteiger partial charge is 0.320 e. The van der Waals surface area contributed by atoms with Crippen molar-refractivity contribution in [1.29, 1.82) is 0 Å². The van der Waals surface area contributed by atoms with Gasteiger partial charge in [-0.3, -0.25) is 9.69 Å². The van der Waals surface area contributed by atoms with Crippen molar-refractivity contribution in [1.82, 2.24) is 4.90 Å². The third kappa shape index (κ3) is 37.0. The van der Waals surface area contributed by atoms with Crippen molar-refractivity contribution < 1.29 is 9.90 Å². The first kappa shape index (κ1) is 48.4. The van der Waals surface area contributed by atoms with Crippen molar-refractivity contribution in [3.63, 3.8) is 0 Å². The maximum atomic E-state index is 12.2. The number of nitrogens with zero attached hydrogens (tertiary/aromatic N) is 1. The van der Waals surface area contributed by atoms with E-state index in [9.17, 15) is 9.90 Å². The van der Waals surface area contributed by atoms with Gasteiger partial charge in [0.05, 0.1) is 0 Å². The molecule has 0 saturated carbocycles. The lowest BCUT2D eigenvalue weighted by atomic mass is 10.0. The number of rotatable bonds is 43. The van der Waals surface area contributed by atoms with Crippen LogP contribution in [0.25, 0.3) is 0 Å². The minimum absolute atomic E-state index is 0.281. The predicted molar refractivity (Wildman–Crippen MR) is 220 cm³/mol. The quantitative estimate of drug-likeness (QED) is 0.0647. The maximum Gasteiger partial charge on any atom is 0.320 e. The number of carbonyl (C=O) groups is 1. The van der Waals surface area contributed by atoms with Crippen LogP contribution >= 0.6 is 0 Å². The standard InChI is InChI=1S/C46H93NO2/c1-4-7-10-12-14-16-18-20-22-24-26-28-30-32-34-36-38-40-43-47(45(46(48)49)42-9-6-3)44-41-39-37-35-33-31-29-27-25-23-21-19-17-15-13-11-8-5-2/h45H,4-44H2,1-3H3,(H,48,49). The fourth-order valence-electron chi connectivity index (χ4n) is 7.72. The van der Waals surface area contributed by atoms with Crippen LogP contribution < -0.4 is 0 Å². The van der Waals surface area contributed by atoms with E-state index in [0.717, 1.165) is 45.2 Å². The van der Waals surface area contributed by atoms with Gasteiger partial charge < -0.3 is 5.11 Å². The highest BCUT2D eigenvalue weighted by Gasteiger charge is 2.24. The minimum Gasteiger partial charge on any atom is -0.480 e. The maximum absolute atomic E-state index is 12.2. The highest BCUT2D eigenvalue weighted by Crippen LogP contribution is 2.18. The number of aliphatic carboxylic acids is 1. The summed E-state index contributed by atoms with van der Waals surface area (Å²) in [5, 5.41) is 10.0. The Kier molecular flexibility index (Phi) is 41.4. The van der Waals surface area contributed by atoms with Gasteiger partial charge in [-0.25, -0.2) is 0 Å². The first-order valence-corrected chi connectivity index (χ1v) is 23.1. The van der Waals surface area contributed by atoms with Gasteiger partial charge in [-0.1, -0.05) is 252 Å². The van der Waals surface area contributed by atoms with Gasteiger partial charge in [0.1, 0.15) is 6.04 Å². The molecule has 0 radical (unpaired) electrons. The van der Waals surface area contributed by atoms with Gasteiger partial charge in [0.2, 0.25) is 0 Å². The zero-order chi connectivity index (χ0) is 35.7. The average Bonchev–Trinajstić information content (AvgIpc) is 3.10. The van der Waals surface area contributed by atoms with E-state index in [1.807, 2.05) is 0 Å². The number of unbranched alkanes of at least 4 members (excludes halogenated alkanes) is 35. The molecule has 0 aromatic rings. The molecule has 49 heavy (non-hydrogen) atoms. The molecule has 0 aliphatic rings. The summed E-state index contributed by atoms with van der Waals surface area (Å²) in [5.41, 5.74) is 0. The summed E-state index contributed by atoms with van der Waals surface area (Å²) in [7, 11) is 0. The molecule has 0 aliphatic heterocycles. The SMILES string of the molecule is CCCCCCCCCCCCCCCCCCCCN(CCCCCCCCCCCCCCCCCCCC)C(CCCC)C(=O)O. The van der Waals surface area contributed by atoms with Gasteiger partial charge in [0, 0.05) is 0 Å². The van der Waals surface area contributed by atoms with Gasteiger partial charge in [-0.15, -0.1) is 0 Å². The fourth-order valence-corrected chi connectivity index (χ4v) is 7.72. The molecule has 3 nitrogen and oxygen atoms in total. The first-order valence-electron chi connectivity index (χ1n) is 23.1. The summed E-state index contributed by atoms with van der Waals surface area (Å²) < 4.78 is 0. The van der Waals surface area contributed by atoms with Crippen LogP contribution in [-0.2, 0) is 4.79 Å². The van der Waals surface area contributed by atoms with E-state index in [0.29, 0.717) is 0 Å². The minimum atomic E-state index is -0.599. The van der Waals surface area contributed by atoms with Crippen molar-refractivity contribution >= 4 is 5.97 Å². The van der Waals surface area contributed by atoms with Crippen LogP contribution in [0, 0.1) is 0 Å². The molecule has 0 fully saturated rings. The molecule has 0 amide bonds. The van der Waals surface area contributed by atoms with Crippen LogP contribution in [0.1, 0.15) is 271 Å². The van der Waals surface area contributed by atoms with Gasteiger partial charge in [-0.2, -0.15) is 0 Å². The Morgan fingerprint density at radius 2 is 0.551 bits per heavy atom. The molecular weight excluding hydrogens is 599 g/mol. The fraction of sp³-hybridized carbons (Fsp3) is 0.978. The first-order chi connectivity index (χ1) is 24.2. The van der Waals surface area contributed by atoms with E-state index >= 15 is 0 Å². The van der Waals surface area contributed by atoms with Crippen LogP contribution in [0.2, 0.25) is 0 Å². The van der Waals surface area contributed by atoms with Crippen LogP contribution in [0.4, 0.5) is 0 Å². The van der Waals surface area contributed by atoms with Crippen molar-refractivity contribution in [3.05, 3.63) is 0 Å². The Balaban J connectivity index is 3.83. The average molecular weight is 692 g/mol. The summed E-state index contributed by atoms with van der Waals surface area (Å²) in [6, 6.07) is -0.281. The molecule has 0 aromatic carbocycles. The number of carboxylic acids is 1. The number of carboxylic acid groups (broad SMARTS) is 1. The van der Waals surface area contributed by atoms with Gasteiger partial charge in [0.15, 0.2) is 0 Å². The van der Waals surface area contributed by atoms with Crippen LogP contribution in [0.5, 0.6) is 0 Å². The Morgan fingerprint density at radius 3 is 0.755 bits per heavy atom. The molecule has 294 valence electrons. The molecular formula is C46H93NO2. The molecule has 0 heterocycles. The molecule has 1 N–H and O–H groups in total. The molecule has 0 aliphatic carbocycles. The van der Waals surface area contributed by atoms with Crippen molar-refractivity contribution in [2.45, 2.75) is 277 Å². The van der Waals surface area contributed by atoms with E-state index in [2.05, 4.69) is 25.7 Å². The zero-order valence-corrected chi connectivity index (χ0v) is 34.4. The molecule has 0 aromatic heterocycles. The summed E-state index contributed by atoms with van der Waals surface area (Å²) >= 11 is 0. The lowest BCUT2D eigenvalue weighted by Crippen LogP contribution is -2.42. The molecule has 0 rings (SSSR count). The molecule has 0 bridgehead atoms. The van der Waals surface area contributed by atoms with Crippen molar-refractivity contribution in [3.8, 4) is 0 Å². The third-order valence-corrected chi connectivity index (χ3v) is 11.2. The second-order valence-electron chi connectivity index (χ2n) is 16.1. The van der Waals surface area contributed by atoms with E-state index in [4.69, 9.17) is 0 Å². The van der Waals surface area contributed by atoms with Gasteiger partial charge >= 0.3 is 5.97 Å². The second kappa shape index (κ2) is 41.8. The number of hydrogen-bond acceptors (Lipinski definition) is 2. The molecule has 0 spiro atoms. The molecule has 1 unspecified atom stereocenters. The summed E-state index contributed by atoms with van der Waals surface area (Å²) in [6.45, 7) is 8.72. The van der Waals surface area contributed by atoms with Gasteiger partial charge in [-0.05, 0) is 32.4 Å². The lowest BCUT2D eigenvalue weighted by molar-refractivity contribution is -0.143. The van der Waals surface area contributed by atoms with E-state index in [-0.39, 0.29) is 6.04 Å². The predicted octanol–water partition coefficient (Wildman–Crippen LogP) is 16.0. The Hall–Kier alpha value is -0.570. The monoisotopic (exact) mass is 692 g/mol. The summed E-state index contributed by atoms with van der Waals surface area (Å²) in [4.78, 5) is 14.5. The van der Waals surface area contributed by atoms with E-state index in [1.54, 1.807) is 0 Å². The normalized spacial score (nSPS) is 12.3. The Labute approximate surface area is 310 Å². The van der Waals surface area contributed by atoms with E-state index < -0.39 is 5.97 Å². The zero-order valence-electron chi connectivity index (χ0n) is 34.4. The summed E-state index contributed by atoms with van der Waals surface area (Å²) in [5.74, 6) is -0.599. The topological polar surface area (TPSA) is 40.5 Å². The molecule has 3 heteroatoms. The molecule has 1 atom stereocenters. The van der Waals surface area contributed by atoms with Gasteiger partial charge in [0.25, 0.3) is 0 Å². The van der Waals surface area contributed by atoms with E-state index in [1.165, 1.54) is 218 Å². The highest BCUT2D eigenvalue weighted by atomic mass is 16.4.